The number of aryl methyl sites for hydroxylation is 1. The molecule has 5 rings (SSSR count). The lowest BCUT2D eigenvalue weighted by Crippen LogP contribution is -2.16. The highest BCUT2D eigenvalue weighted by atomic mass is 32.2. The molecule has 1 amide bonds. The van der Waals surface area contributed by atoms with Crippen LogP contribution < -0.4 is 5.32 Å². The lowest BCUT2D eigenvalue weighted by atomic mass is 10.00. The molecule has 0 unspecified atom stereocenters. The third kappa shape index (κ3) is 4.39. The molecule has 0 atom stereocenters. The normalized spacial score (nSPS) is 13.3. The van der Waals surface area contributed by atoms with Crippen molar-refractivity contribution >= 4 is 38.6 Å². The van der Waals surface area contributed by atoms with Gasteiger partial charge in [0.15, 0.2) is 11.4 Å². The largest absolute Gasteiger partial charge is 0.310 e. The summed E-state index contributed by atoms with van der Waals surface area (Å²) in [6.07, 6.45) is 2.87. The Morgan fingerprint density at radius 3 is 2.42 bits per heavy atom. The molecule has 0 bridgehead atoms. The van der Waals surface area contributed by atoms with Gasteiger partial charge in [0.05, 0.1) is 17.4 Å². The number of Topliss-reactive ketones (excluding diaryl/α,β-unsaturated/α-hetero) is 1. The van der Waals surface area contributed by atoms with E-state index in [9.17, 15) is 18.0 Å². The van der Waals surface area contributed by atoms with Gasteiger partial charge in [-0.3, -0.25) is 9.59 Å². The average molecular weight is 499 g/mol. The summed E-state index contributed by atoms with van der Waals surface area (Å²) in [4.78, 5) is 29.2. The number of fused-ring (bicyclic) bond motifs is 1. The van der Waals surface area contributed by atoms with Crippen molar-refractivity contribution in [3.63, 3.8) is 0 Å². The maximum Gasteiger partial charge on any atom is 0.269 e. The SMILES string of the molecule is Cc1ccc(S(=O)(=O)n2ccc3c(-c4ccc(C(=O)CC#N)cc4)cc(NC(=O)C4CC4)nc32)cc1. The Morgan fingerprint density at radius 2 is 1.78 bits per heavy atom. The third-order valence-electron chi connectivity index (χ3n) is 6.16. The topological polar surface area (TPSA) is 122 Å². The van der Waals surface area contributed by atoms with E-state index in [0.717, 1.165) is 22.4 Å². The lowest BCUT2D eigenvalue weighted by molar-refractivity contribution is -0.117. The van der Waals surface area contributed by atoms with Crippen molar-refractivity contribution in [3.8, 4) is 17.2 Å². The van der Waals surface area contributed by atoms with E-state index in [-0.39, 0.29) is 40.4 Å². The highest BCUT2D eigenvalue weighted by Crippen LogP contribution is 2.34. The van der Waals surface area contributed by atoms with Crippen LogP contribution in [0.4, 0.5) is 5.82 Å². The molecule has 1 saturated carbocycles. The molecule has 8 nitrogen and oxygen atoms in total. The molecule has 0 radical (unpaired) electrons. The monoisotopic (exact) mass is 498 g/mol. The summed E-state index contributed by atoms with van der Waals surface area (Å²) in [5, 5.41) is 12.2. The van der Waals surface area contributed by atoms with Crippen molar-refractivity contribution in [2.75, 3.05) is 5.32 Å². The molecule has 0 saturated heterocycles. The number of anilines is 1. The van der Waals surface area contributed by atoms with Gasteiger partial charge in [-0.15, -0.1) is 0 Å². The zero-order chi connectivity index (χ0) is 25.4. The predicted molar refractivity (Wildman–Crippen MR) is 135 cm³/mol. The second kappa shape index (κ2) is 9.06. The van der Waals surface area contributed by atoms with Crippen molar-refractivity contribution in [3.05, 3.63) is 78.0 Å². The number of carbonyl (C=O) groups is 2. The van der Waals surface area contributed by atoms with Crippen LogP contribution in [-0.4, -0.2) is 29.1 Å². The number of hydrogen-bond acceptors (Lipinski definition) is 6. The van der Waals surface area contributed by atoms with Gasteiger partial charge in [0, 0.05) is 23.1 Å². The molecule has 36 heavy (non-hydrogen) atoms. The number of carbonyl (C=O) groups excluding carboxylic acids is 2. The Hall–Kier alpha value is -4.29. The van der Waals surface area contributed by atoms with Crippen LogP contribution in [0.1, 0.15) is 35.2 Å². The van der Waals surface area contributed by atoms with E-state index < -0.39 is 10.0 Å². The fourth-order valence-electron chi connectivity index (χ4n) is 3.99. The number of benzene rings is 2. The van der Waals surface area contributed by atoms with E-state index in [2.05, 4.69) is 10.3 Å². The number of nitrogens with one attached hydrogen (secondary N) is 1. The Bertz CT molecular complexity index is 1640. The quantitative estimate of drug-likeness (QED) is 0.369. The number of nitriles is 1. The summed E-state index contributed by atoms with van der Waals surface area (Å²) >= 11 is 0. The fourth-order valence-corrected chi connectivity index (χ4v) is 5.29. The van der Waals surface area contributed by atoms with Gasteiger partial charge in [0.2, 0.25) is 5.91 Å². The number of aromatic nitrogens is 2. The van der Waals surface area contributed by atoms with Gasteiger partial charge in [0.1, 0.15) is 5.82 Å². The first kappa shape index (κ1) is 23.5. The molecule has 2 aromatic heterocycles. The van der Waals surface area contributed by atoms with Crippen LogP contribution in [0, 0.1) is 24.2 Å². The van der Waals surface area contributed by atoms with Gasteiger partial charge in [-0.1, -0.05) is 42.0 Å². The van der Waals surface area contributed by atoms with Crippen molar-refractivity contribution < 1.29 is 18.0 Å². The second-order valence-electron chi connectivity index (χ2n) is 8.82. The minimum atomic E-state index is -3.95. The predicted octanol–water partition coefficient (Wildman–Crippen LogP) is 4.69. The minimum Gasteiger partial charge on any atom is -0.310 e. The van der Waals surface area contributed by atoms with Gasteiger partial charge < -0.3 is 5.32 Å². The maximum absolute atomic E-state index is 13.5. The lowest BCUT2D eigenvalue weighted by Gasteiger charge is -2.12. The summed E-state index contributed by atoms with van der Waals surface area (Å²) in [7, 11) is -3.95. The van der Waals surface area contributed by atoms with Crippen LogP contribution in [0.15, 0.2) is 71.8 Å². The van der Waals surface area contributed by atoms with Crippen LogP contribution in [0.3, 0.4) is 0 Å². The molecule has 4 aromatic rings. The summed E-state index contributed by atoms with van der Waals surface area (Å²) in [6.45, 7) is 1.88. The van der Waals surface area contributed by atoms with Crippen LogP contribution in [0.25, 0.3) is 22.2 Å². The molecule has 1 aliphatic rings. The average Bonchev–Trinajstić information content (AvgIpc) is 3.63. The zero-order valence-corrected chi connectivity index (χ0v) is 20.2. The first-order valence-electron chi connectivity index (χ1n) is 11.4. The molecule has 2 heterocycles. The molecule has 1 fully saturated rings. The van der Waals surface area contributed by atoms with Gasteiger partial charge >= 0.3 is 0 Å². The number of nitrogens with zero attached hydrogens (tertiary/aromatic N) is 3. The van der Waals surface area contributed by atoms with E-state index >= 15 is 0 Å². The highest BCUT2D eigenvalue weighted by Gasteiger charge is 2.30. The molecule has 2 aromatic carbocycles. The van der Waals surface area contributed by atoms with Crippen LogP contribution in [-0.2, 0) is 14.8 Å². The van der Waals surface area contributed by atoms with Crippen molar-refractivity contribution in [2.45, 2.75) is 31.1 Å². The molecular weight excluding hydrogens is 476 g/mol. The Balaban J connectivity index is 1.64. The third-order valence-corrected chi connectivity index (χ3v) is 7.84. The van der Waals surface area contributed by atoms with Crippen LogP contribution >= 0.6 is 0 Å². The molecule has 0 spiro atoms. The molecule has 1 N–H and O–H groups in total. The van der Waals surface area contributed by atoms with Gasteiger partial charge in [0.25, 0.3) is 10.0 Å². The summed E-state index contributed by atoms with van der Waals surface area (Å²) < 4.78 is 28.1. The maximum atomic E-state index is 13.5. The Labute approximate surface area is 208 Å². The standard InChI is InChI=1S/C27H22N4O4S/c1-17-2-10-21(11-3-17)36(34,35)31-15-13-22-23(18-4-6-19(7-5-18)24(32)12-14-28)16-25(29-26(22)31)30-27(33)20-8-9-20/h2-7,10-11,13,15-16,20H,8-9,12H2,1H3,(H,29,30,33). The molecule has 0 aliphatic heterocycles. The van der Waals surface area contributed by atoms with E-state index in [1.54, 1.807) is 60.7 Å². The van der Waals surface area contributed by atoms with Crippen LogP contribution in [0.5, 0.6) is 0 Å². The summed E-state index contributed by atoms with van der Waals surface area (Å²) in [6, 6.07) is 18.5. The molecular formula is C27H22N4O4S. The number of amides is 1. The molecule has 9 heteroatoms. The van der Waals surface area contributed by atoms with Crippen molar-refractivity contribution in [1.82, 2.24) is 8.96 Å². The number of pyridine rings is 1. The van der Waals surface area contributed by atoms with Crippen molar-refractivity contribution in [2.24, 2.45) is 5.92 Å². The number of ketones is 1. The Morgan fingerprint density at radius 1 is 1.08 bits per heavy atom. The van der Waals surface area contributed by atoms with E-state index in [0.29, 0.717) is 22.1 Å². The summed E-state index contributed by atoms with van der Waals surface area (Å²) in [5.74, 6) is -0.237. The summed E-state index contributed by atoms with van der Waals surface area (Å²) in [5.41, 5.74) is 2.90. The smallest absolute Gasteiger partial charge is 0.269 e. The van der Waals surface area contributed by atoms with Gasteiger partial charge in [-0.2, -0.15) is 5.26 Å². The molecule has 180 valence electrons. The van der Waals surface area contributed by atoms with Gasteiger partial charge in [-0.25, -0.2) is 17.4 Å². The number of hydrogen-bond donors (Lipinski definition) is 1. The van der Waals surface area contributed by atoms with Crippen LogP contribution in [0.2, 0.25) is 0 Å². The van der Waals surface area contributed by atoms with Gasteiger partial charge in [-0.05, 0) is 55.2 Å². The minimum absolute atomic E-state index is 0.0561. The van der Waals surface area contributed by atoms with E-state index in [1.165, 1.54) is 6.20 Å². The first-order valence-corrected chi connectivity index (χ1v) is 12.9. The first-order chi connectivity index (χ1) is 17.3. The molecule has 1 aliphatic carbocycles. The fraction of sp³-hybridized carbons (Fsp3) is 0.185. The van der Waals surface area contributed by atoms with E-state index in [1.807, 2.05) is 13.0 Å². The van der Waals surface area contributed by atoms with E-state index in [4.69, 9.17) is 5.26 Å². The second-order valence-corrected chi connectivity index (χ2v) is 10.6. The van der Waals surface area contributed by atoms with Crippen molar-refractivity contribution in [1.29, 1.82) is 5.26 Å². The Kier molecular flexibility index (Phi) is 5.90. The zero-order valence-electron chi connectivity index (χ0n) is 19.4. The highest BCUT2D eigenvalue weighted by molar-refractivity contribution is 7.90. The number of rotatable bonds is 7.